The second-order valence-corrected chi connectivity index (χ2v) is 6.77. The molecule has 1 amide bonds. The molecule has 2 N–H and O–H groups in total. The van der Waals surface area contributed by atoms with Crippen LogP contribution >= 0.6 is 0 Å². The Morgan fingerprint density at radius 2 is 1.67 bits per heavy atom. The van der Waals surface area contributed by atoms with Crippen LogP contribution in [-0.4, -0.2) is 20.9 Å². The van der Waals surface area contributed by atoms with E-state index in [4.69, 9.17) is 4.74 Å². The maximum Gasteiger partial charge on any atom is 0.418 e. The van der Waals surface area contributed by atoms with Gasteiger partial charge in [-0.1, -0.05) is 0 Å². The van der Waals surface area contributed by atoms with E-state index >= 15 is 0 Å². The minimum absolute atomic E-state index is 0.0359. The van der Waals surface area contributed by atoms with Crippen LogP contribution < -0.4 is 10.1 Å². The largest absolute Gasteiger partial charge is 0.456 e. The van der Waals surface area contributed by atoms with Crippen molar-refractivity contribution in [3.63, 3.8) is 0 Å². The Hall–Kier alpha value is -4.09. The summed E-state index contributed by atoms with van der Waals surface area (Å²) in [5.74, 6) is -0.603. The fraction of sp³-hybridized carbons (Fsp3) is 0.0952. The van der Waals surface area contributed by atoms with E-state index in [-0.39, 0.29) is 11.8 Å². The van der Waals surface area contributed by atoms with Crippen LogP contribution in [0.15, 0.2) is 60.9 Å². The van der Waals surface area contributed by atoms with Gasteiger partial charge in [-0.2, -0.15) is 26.3 Å². The molecule has 0 aliphatic carbocycles. The summed E-state index contributed by atoms with van der Waals surface area (Å²) in [7, 11) is 0. The van der Waals surface area contributed by atoms with E-state index in [0.29, 0.717) is 17.6 Å². The molecule has 170 valence electrons. The van der Waals surface area contributed by atoms with Crippen molar-refractivity contribution < 1.29 is 35.9 Å². The maximum atomic E-state index is 13.3. The van der Waals surface area contributed by atoms with E-state index in [0.717, 1.165) is 0 Å². The maximum absolute atomic E-state index is 13.3. The Morgan fingerprint density at radius 3 is 2.27 bits per heavy atom. The molecular weight excluding hydrogens is 454 g/mol. The smallest absolute Gasteiger partial charge is 0.418 e. The molecule has 0 bridgehead atoms. The minimum atomic E-state index is -5.10. The lowest BCUT2D eigenvalue weighted by Gasteiger charge is -2.11. The molecule has 4 rings (SSSR count). The Labute approximate surface area is 181 Å². The third kappa shape index (κ3) is 4.89. The fourth-order valence-electron chi connectivity index (χ4n) is 2.94. The summed E-state index contributed by atoms with van der Waals surface area (Å²) in [6.07, 6.45) is -7.05. The number of ether oxygens (including phenoxy) is 1. The van der Waals surface area contributed by atoms with E-state index < -0.39 is 46.2 Å². The number of carbonyl (C=O) groups is 1. The SMILES string of the molecule is O=C(Nc1ccc(Oc2cccnc2)cc1)c1nc2c(C(F)(F)F)cc(C(F)(F)F)cc2[nH]1. The monoisotopic (exact) mass is 466 g/mol. The van der Waals surface area contributed by atoms with E-state index in [1.54, 1.807) is 18.3 Å². The minimum Gasteiger partial charge on any atom is -0.456 e. The highest BCUT2D eigenvalue weighted by Gasteiger charge is 2.39. The first-order chi connectivity index (χ1) is 15.5. The summed E-state index contributed by atoms with van der Waals surface area (Å²) < 4.78 is 84.5. The van der Waals surface area contributed by atoms with Gasteiger partial charge in [-0.3, -0.25) is 9.78 Å². The Kier molecular flexibility index (Phi) is 5.44. The van der Waals surface area contributed by atoms with Crippen molar-refractivity contribution in [2.45, 2.75) is 12.4 Å². The molecule has 4 aromatic rings. The van der Waals surface area contributed by atoms with Gasteiger partial charge in [0.25, 0.3) is 5.91 Å². The van der Waals surface area contributed by atoms with Crippen LogP contribution in [0.25, 0.3) is 11.0 Å². The van der Waals surface area contributed by atoms with E-state index in [2.05, 4.69) is 20.3 Å². The van der Waals surface area contributed by atoms with Crippen LogP contribution in [0.5, 0.6) is 11.5 Å². The molecule has 0 aliphatic heterocycles. The molecular formula is C21H12F6N4O2. The normalized spacial score (nSPS) is 12.1. The van der Waals surface area contributed by atoms with Gasteiger partial charge in [0.1, 0.15) is 17.0 Å². The number of nitrogens with zero attached hydrogens (tertiary/aromatic N) is 2. The van der Waals surface area contributed by atoms with Gasteiger partial charge >= 0.3 is 12.4 Å². The summed E-state index contributed by atoms with van der Waals surface area (Å²) in [6.45, 7) is 0. The van der Waals surface area contributed by atoms with Gasteiger partial charge in [-0.15, -0.1) is 0 Å². The van der Waals surface area contributed by atoms with Gasteiger partial charge in [0.05, 0.1) is 22.8 Å². The number of pyridine rings is 1. The molecule has 0 radical (unpaired) electrons. The number of imidazole rings is 1. The highest BCUT2D eigenvalue weighted by molar-refractivity contribution is 6.03. The zero-order valence-corrected chi connectivity index (χ0v) is 16.3. The quantitative estimate of drug-likeness (QED) is 0.360. The molecule has 12 heteroatoms. The fourth-order valence-corrected chi connectivity index (χ4v) is 2.94. The highest BCUT2D eigenvalue weighted by atomic mass is 19.4. The number of alkyl halides is 6. The van der Waals surface area contributed by atoms with Gasteiger partial charge in [0.15, 0.2) is 5.82 Å². The highest BCUT2D eigenvalue weighted by Crippen LogP contribution is 2.39. The van der Waals surface area contributed by atoms with Crippen LogP contribution in [0, 0.1) is 0 Å². The van der Waals surface area contributed by atoms with Gasteiger partial charge in [0, 0.05) is 11.9 Å². The van der Waals surface area contributed by atoms with Crippen molar-refractivity contribution in [1.82, 2.24) is 15.0 Å². The first-order valence-corrected chi connectivity index (χ1v) is 9.18. The summed E-state index contributed by atoms with van der Waals surface area (Å²) in [5.41, 5.74) is -4.21. The molecule has 2 aromatic heterocycles. The summed E-state index contributed by atoms with van der Waals surface area (Å²) in [6, 6.07) is 9.79. The molecule has 0 unspecified atom stereocenters. The number of benzene rings is 2. The summed E-state index contributed by atoms with van der Waals surface area (Å²) in [5, 5.41) is 2.41. The molecule has 0 spiro atoms. The lowest BCUT2D eigenvalue weighted by molar-refractivity contribution is -0.142. The molecule has 2 heterocycles. The average molecular weight is 466 g/mol. The standard InChI is InChI=1S/C21H12F6N4O2/c22-20(23,24)11-8-15(21(25,26)27)17-16(9-11)30-18(31-17)19(32)29-12-3-5-13(6-4-12)33-14-2-1-7-28-10-14/h1-10H,(H,29,32)(H,30,31). The van der Waals surface area contributed by atoms with E-state index in [1.807, 2.05) is 0 Å². The number of nitrogens with one attached hydrogen (secondary N) is 2. The Balaban J connectivity index is 1.58. The number of aromatic nitrogens is 3. The van der Waals surface area contributed by atoms with E-state index in [1.165, 1.54) is 30.5 Å². The lowest BCUT2D eigenvalue weighted by atomic mass is 10.1. The molecule has 0 aliphatic rings. The second-order valence-electron chi connectivity index (χ2n) is 6.77. The zero-order valence-electron chi connectivity index (χ0n) is 16.3. The summed E-state index contributed by atoms with van der Waals surface area (Å²) in [4.78, 5) is 22.2. The molecule has 6 nitrogen and oxygen atoms in total. The molecule has 0 saturated heterocycles. The third-order valence-corrected chi connectivity index (χ3v) is 4.42. The third-order valence-electron chi connectivity index (χ3n) is 4.42. The van der Waals surface area contributed by atoms with Crippen molar-refractivity contribution in [2.75, 3.05) is 5.32 Å². The number of amides is 1. The van der Waals surface area contributed by atoms with Crippen LogP contribution in [0.4, 0.5) is 32.0 Å². The molecule has 0 fully saturated rings. The van der Waals surface area contributed by atoms with Crippen molar-refractivity contribution >= 4 is 22.6 Å². The molecule has 33 heavy (non-hydrogen) atoms. The van der Waals surface area contributed by atoms with Gasteiger partial charge in [-0.05, 0) is 48.5 Å². The number of H-pyrrole nitrogens is 1. The second kappa shape index (κ2) is 8.11. The predicted octanol–water partition coefficient (Wildman–Crippen LogP) is 6.04. The van der Waals surface area contributed by atoms with Crippen LogP contribution in [0.2, 0.25) is 0 Å². The number of anilines is 1. The molecule has 0 atom stereocenters. The Morgan fingerprint density at radius 1 is 0.939 bits per heavy atom. The lowest BCUT2D eigenvalue weighted by Crippen LogP contribution is -2.13. The van der Waals surface area contributed by atoms with Gasteiger partial charge < -0.3 is 15.0 Å². The predicted molar refractivity (Wildman–Crippen MR) is 105 cm³/mol. The first kappa shape index (κ1) is 22.1. The number of hydrogen-bond donors (Lipinski definition) is 2. The topological polar surface area (TPSA) is 79.9 Å². The zero-order chi connectivity index (χ0) is 23.8. The van der Waals surface area contributed by atoms with Crippen LogP contribution in [-0.2, 0) is 12.4 Å². The number of halogens is 6. The average Bonchev–Trinajstić information content (AvgIpc) is 3.18. The summed E-state index contributed by atoms with van der Waals surface area (Å²) >= 11 is 0. The number of fused-ring (bicyclic) bond motifs is 1. The van der Waals surface area contributed by atoms with Crippen molar-refractivity contribution in [3.05, 3.63) is 77.9 Å². The van der Waals surface area contributed by atoms with Gasteiger partial charge in [0.2, 0.25) is 0 Å². The van der Waals surface area contributed by atoms with Crippen molar-refractivity contribution in [2.24, 2.45) is 0 Å². The number of carbonyl (C=O) groups excluding carboxylic acids is 1. The number of rotatable bonds is 4. The van der Waals surface area contributed by atoms with E-state index in [9.17, 15) is 31.1 Å². The molecule has 2 aromatic carbocycles. The van der Waals surface area contributed by atoms with Crippen molar-refractivity contribution in [1.29, 1.82) is 0 Å². The van der Waals surface area contributed by atoms with Gasteiger partial charge in [-0.25, -0.2) is 4.98 Å². The number of aromatic amines is 1. The van der Waals surface area contributed by atoms with Crippen LogP contribution in [0.1, 0.15) is 21.7 Å². The number of hydrogen-bond acceptors (Lipinski definition) is 4. The first-order valence-electron chi connectivity index (χ1n) is 9.18. The van der Waals surface area contributed by atoms with Crippen molar-refractivity contribution in [3.8, 4) is 11.5 Å². The van der Waals surface area contributed by atoms with Crippen LogP contribution in [0.3, 0.4) is 0 Å². The molecule has 0 saturated carbocycles. The Bertz CT molecular complexity index is 1300.